The van der Waals surface area contributed by atoms with Crippen LogP contribution in [0.25, 0.3) is 33.3 Å². The van der Waals surface area contributed by atoms with E-state index in [0.717, 1.165) is 5.52 Å². The number of imidazole rings is 1. The molecule has 0 saturated heterocycles. The van der Waals surface area contributed by atoms with E-state index in [-0.39, 0.29) is 17.0 Å². The zero-order chi connectivity index (χ0) is 18.3. The summed E-state index contributed by atoms with van der Waals surface area (Å²) in [4.78, 5) is 17.1. The summed E-state index contributed by atoms with van der Waals surface area (Å²) in [5.41, 5.74) is 1.34. The molecule has 2 heterocycles. The third-order valence-electron chi connectivity index (χ3n) is 4.29. The third-order valence-corrected chi connectivity index (χ3v) is 4.29. The van der Waals surface area contributed by atoms with Gasteiger partial charge in [0.05, 0.1) is 16.4 Å². The van der Waals surface area contributed by atoms with Crippen molar-refractivity contribution in [3.8, 4) is 6.07 Å². The van der Waals surface area contributed by atoms with Gasteiger partial charge >= 0.3 is 0 Å². The molecule has 0 spiro atoms. The Kier molecular flexibility index (Phi) is 3.55. The smallest absolute Gasteiger partial charge is 0.203 e. The summed E-state index contributed by atoms with van der Waals surface area (Å²) < 4.78 is 7.13. The monoisotopic (exact) mass is 343 g/mol. The lowest BCUT2D eigenvalue weighted by atomic mass is 10.1. The van der Waals surface area contributed by atoms with Crippen LogP contribution in [-0.4, -0.2) is 14.7 Å². The van der Waals surface area contributed by atoms with Gasteiger partial charge in [-0.1, -0.05) is 24.3 Å². The van der Waals surface area contributed by atoms with Crippen molar-refractivity contribution in [3.63, 3.8) is 0 Å². The second-order valence-electron chi connectivity index (χ2n) is 5.79. The number of nitrogens with zero attached hydrogens (tertiary/aromatic N) is 3. The highest BCUT2D eigenvalue weighted by Crippen LogP contribution is 2.26. The minimum absolute atomic E-state index is 0.0766. The lowest BCUT2D eigenvalue weighted by Crippen LogP contribution is -2.10. The summed E-state index contributed by atoms with van der Waals surface area (Å²) in [6, 6.07) is 16.1. The zero-order valence-corrected chi connectivity index (χ0v) is 13.8. The van der Waals surface area contributed by atoms with E-state index in [4.69, 9.17) is 4.42 Å². The van der Waals surface area contributed by atoms with Crippen molar-refractivity contribution >= 4 is 33.3 Å². The Hall–Kier alpha value is -3.85. The van der Waals surface area contributed by atoms with Gasteiger partial charge in [0.1, 0.15) is 29.1 Å². The molecule has 126 valence electrons. The summed E-state index contributed by atoms with van der Waals surface area (Å²) in [5, 5.41) is 20.6. The van der Waals surface area contributed by atoms with E-state index in [1.807, 2.05) is 30.3 Å². The molecule has 0 radical (unpaired) electrons. The third kappa shape index (κ3) is 2.26. The molecular formula is C20H13N3O3. The van der Waals surface area contributed by atoms with Crippen molar-refractivity contribution in [2.45, 2.75) is 0 Å². The summed E-state index contributed by atoms with van der Waals surface area (Å²) >= 11 is 0. The van der Waals surface area contributed by atoms with E-state index in [0.29, 0.717) is 16.5 Å². The van der Waals surface area contributed by atoms with Crippen LogP contribution >= 0.6 is 0 Å². The number of aryl methyl sites for hydroxylation is 1. The maximum atomic E-state index is 12.7. The van der Waals surface area contributed by atoms with E-state index in [9.17, 15) is 15.2 Å². The normalized spacial score (nSPS) is 12.2. The molecule has 2 aromatic carbocycles. The quantitative estimate of drug-likeness (QED) is 0.443. The summed E-state index contributed by atoms with van der Waals surface area (Å²) in [7, 11) is 1.75. The highest BCUT2D eigenvalue weighted by atomic mass is 16.3. The second kappa shape index (κ2) is 5.90. The number of fused-ring (bicyclic) bond motifs is 2. The van der Waals surface area contributed by atoms with E-state index >= 15 is 0 Å². The van der Waals surface area contributed by atoms with Crippen LogP contribution in [0.4, 0.5) is 0 Å². The van der Waals surface area contributed by atoms with Crippen LogP contribution in [0.2, 0.25) is 0 Å². The molecule has 0 amide bonds. The molecule has 0 aliphatic heterocycles. The number of hydrogen-bond acceptors (Lipinski definition) is 5. The molecule has 0 unspecified atom stereocenters. The number of hydrogen-bond donors (Lipinski definition) is 1. The van der Waals surface area contributed by atoms with Gasteiger partial charge in [-0.15, -0.1) is 0 Å². The molecule has 0 fully saturated rings. The molecule has 0 saturated carbocycles. The molecule has 4 aromatic rings. The van der Waals surface area contributed by atoms with E-state index < -0.39 is 11.2 Å². The molecule has 0 atom stereocenters. The fourth-order valence-electron chi connectivity index (χ4n) is 2.95. The summed E-state index contributed by atoms with van der Waals surface area (Å²) in [6.07, 6.45) is 1.17. The number of aliphatic hydroxyl groups excluding tert-OH is 1. The number of benzene rings is 2. The Morgan fingerprint density at radius 1 is 1.19 bits per heavy atom. The topological polar surface area (TPSA) is 92.0 Å². The first-order valence-corrected chi connectivity index (χ1v) is 7.88. The fraction of sp³-hybridized carbons (Fsp3) is 0.0500. The van der Waals surface area contributed by atoms with E-state index in [2.05, 4.69) is 4.98 Å². The Morgan fingerprint density at radius 2 is 1.92 bits per heavy atom. The maximum absolute atomic E-state index is 12.7. The van der Waals surface area contributed by atoms with Gasteiger partial charge in [-0.3, -0.25) is 4.79 Å². The van der Waals surface area contributed by atoms with Gasteiger partial charge < -0.3 is 14.1 Å². The maximum Gasteiger partial charge on any atom is 0.203 e. The Balaban J connectivity index is 1.99. The number of allylic oxidation sites excluding steroid dienone is 1. The summed E-state index contributed by atoms with van der Waals surface area (Å²) in [5.74, 6) is -0.177. The Labute approximate surface area is 147 Å². The minimum atomic E-state index is -0.453. The molecular weight excluding hydrogens is 330 g/mol. The molecule has 0 aliphatic carbocycles. The van der Waals surface area contributed by atoms with Crippen molar-refractivity contribution in [2.75, 3.05) is 0 Å². The van der Waals surface area contributed by atoms with Crippen molar-refractivity contribution < 1.29 is 9.52 Å². The van der Waals surface area contributed by atoms with Crippen LogP contribution in [0.1, 0.15) is 11.4 Å². The highest BCUT2D eigenvalue weighted by molar-refractivity contribution is 5.95. The predicted molar refractivity (Wildman–Crippen MR) is 98.3 cm³/mol. The van der Waals surface area contributed by atoms with Crippen molar-refractivity contribution in [1.82, 2.24) is 9.55 Å². The number of para-hydroxylation sites is 3. The van der Waals surface area contributed by atoms with Crippen molar-refractivity contribution in [2.24, 2.45) is 7.05 Å². The van der Waals surface area contributed by atoms with Crippen LogP contribution in [0.15, 0.2) is 64.0 Å². The van der Waals surface area contributed by atoms with E-state index in [1.165, 1.54) is 6.26 Å². The predicted octanol–water partition coefficient (Wildman–Crippen LogP) is 3.63. The first kappa shape index (κ1) is 15.7. The van der Waals surface area contributed by atoms with Gasteiger partial charge in [0.2, 0.25) is 5.43 Å². The van der Waals surface area contributed by atoms with Crippen LogP contribution < -0.4 is 5.43 Å². The first-order chi connectivity index (χ1) is 12.6. The van der Waals surface area contributed by atoms with Crippen LogP contribution in [0, 0.1) is 11.3 Å². The van der Waals surface area contributed by atoms with Crippen molar-refractivity contribution in [3.05, 3.63) is 76.4 Å². The number of nitriles is 1. The molecule has 6 nitrogen and oxygen atoms in total. The second-order valence-corrected chi connectivity index (χ2v) is 5.79. The molecule has 0 bridgehead atoms. The van der Waals surface area contributed by atoms with Crippen LogP contribution in [0.3, 0.4) is 0 Å². The standard InChI is InChI=1S/C20H13N3O3/c1-23-16-8-4-3-7-15(16)22-20(23)13(10-21)19(25)14-11-26-17-9-5-2-6-12(17)18(14)24/h2-9,11,25H,1H3. The van der Waals surface area contributed by atoms with Crippen molar-refractivity contribution in [1.29, 1.82) is 5.26 Å². The van der Waals surface area contributed by atoms with Gasteiger partial charge in [-0.25, -0.2) is 4.98 Å². The van der Waals surface area contributed by atoms with Crippen LogP contribution in [0.5, 0.6) is 0 Å². The molecule has 0 aliphatic rings. The molecule has 26 heavy (non-hydrogen) atoms. The average Bonchev–Trinajstić information content (AvgIpc) is 3.00. The average molecular weight is 343 g/mol. The van der Waals surface area contributed by atoms with Gasteiger partial charge in [-0.2, -0.15) is 5.26 Å². The molecule has 1 N–H and O–H groups in total. The summed E-state index contributed by atoms with van der Waals surface area (Å²) in [6.45, 7) is 0. The largest absolute Gasteiger partial charge is 0.506 e. The fourth-order valence-corrected chi connectivity index (χ4v) is 2.95. The van der Waals surface area contributed by atoms with Gasteiger partial charge in [0.15, 0.2) is 11.6 Å². The lowest BCUT2D eigenvalue weighted by molar-refractivity contribution is 0.506. The van der Waals surface area contributed by atoms with Crippen LogP contribution in [-0.2, 0) is 7.05 Å². The van der Waals surface area contributed by atoms with Gasteiger partial charge in [0, 0.05) is 7.05 Å². The Bertz CT molecular complexity index is 1290. The number of aliphatic hydroxyl groups is 1. The zero-order valence-electron chi connectivity index (χ0n) is 13.8. The molecule has 6 heteroatoms. The molecule has 4 rings (SSSR count). The van der Waals surface area contributed by atoms with Gasteiger partial charge in [0.25, 0.3) is 0 Å². The Morgan fingerprint density at radius 3 is 2.69 bits per heavy atom. The number of aromatic nitrogens is 2. The minimum Gasteiger partial charge on any atom is -0.506 e. The highest BCUT2D eigenvalue weighted by Gasteiger charge is 2.20. The molecule has 2 aromatic heterocycles. The van der Waals surface area contributed by atoms with E-state index in [1.54, 1.807) is 35.9 Å². The SMILES string of the molecule is Cn1c(C(C#N)=C(O)c2coc3ccccc3c2=O)nc2ccccc21. The lowest BCUT2D eigenvalue weighted by Gasteiger charge is -2.05. The first-order valence-electron chi connectivity index (χ1n) is 7.88. The number of rotatable bonds is 2. The van der Waals surface area contributed by atoms with Gasteiger partial charge in [-0.05, 0) is 24.3 Å².